The minimum absolute atomic E-state index is 0.235. The van der Waals surface area contributed by atoms with Crippen molar-refractivity contribution in [1.29, 1.82) is 0 Å². The molecule has 0 amide bonds. The third kappa shape index (κ3) is 3.27. The quantitative estimate of drug-likeness (QED) is 0.694. The third-order valence-corrected chi connectivity index (χ3v) is 2.80. The molecule has 0 bridgehead atoms. The Bertz CT molecular complexity index is 291. The number of aromatic nitrogens is 1. The molecule has 1 aromatic rings. The summed E-state index contributed by atoms with van der Waals surface area (Å²) in [5, 5.41) is 0.966. The van der Waals surface area contributed by atoms with E-state index in [0.29, 0.717) is 12.3 Å². The fourth-order valence-corrected chi connectivity index (χ4v) is 1.78. The molecular formula is C10H15NOS. The number of aryl methyl sites for hydroxylation is 1. The lowest BCUT2D eigenvalue weighted by atomic mass is 10.1. The number of hydrogen-bond acceptors (Lipinski definition) is 3. The summed E-state index contributed by atoms with van der Waals surface area (Å²) >= 11 is 1.49. The fraction of sp³-hybridized carbons (Fsp3) is 0.600. The summed E-state index contributed by atoms with van der Waals surface area (Å²) in [4.78, 5) is 16.4. The summed E-state index contributed by atoms with van der Waals surface area (Å²) in [6, 6.07) is 0. The van der Waals surface area contributed by atoms with Gasteiger partial charge in [-0.2, -0.15) is 0 Å². The first kappa shape index (κ1) is 10.4. The number of Topliss-reactive ketones (excluding diaryl/α,β-unsaturated/α-hetero) is 1. The van der Waals surface area contributed by atoms with Gasteiger partial charge in [-0.1, -0.05) is 13.8 Å². The fourth-order valence-electron chi connectivity index (χ4n) is 1.03. The Hall–Kier alpha value is -0.700. The van der Waals surface area contributed by atoms with Crippen LogP contribution in [0.1, 0.15) is 41.4 Å². The third-order valence-electron chi connectivity index (χ3n) is 1.84. The van der Waals surface area contributed by atoms with Crippen LogP contribution in [0.4, 0.5) is 0 Å². The lowest BCUT2D eigenvalue weighted by molar-refractivity contribution is 0.0979. The maximum absolute atomic E-state index is 11.5. The Morgan fingerprint density at radius 1 is 1.62 bits per heavy atom. The van der Waals surface area contributed by atoms with Crippen molar-refractivity contribution in [2.45, 2.75) is 33.6 Å². The van der Waals surface area contributed by atoms with Gasteiger partial charge >= 0.3 is 0 Å². The molecule has 13 heavy (non-hydrogen) atoms. The first-order chi connectivity index (χ1) is 6.09. The first-order valence-electron chi connectivity index (χ1n) is 4.55. The van der Waals surface area contributed by atoms with Crippen LogP contribution in [-0.2, 0) is 0 Å². The zero-order chi connectivity index (χ0) is 9.84. The minimum atomic E-state index is 0.235. The molecule has 0 aliphatic carbocycles. The summed E-state index contributed by atoms with van der Waals surface area (Å²) in [5.41, 5.74) is 0. The van der Waals surface area contributed by atoms with Gasteiger partial charge in [0.1, 0.15) is 0 Å². The van der Waals surface area contributed by atoms with Gasteiger partial charge in [0.25, 0.3) is 0 Å². The van der Waals surface area contributed by atoms with Crippen molar-refractivity contribution in [1.82, 2.24) is 4.98 Å². The Balaban J connectivity index is 2.49. The smallest absolute Gasteiger partial charge is 0.174 e. The van der Waals surface area contributed by atoms with Gasteiger partial charge in [0.05, 0.1) is 9.88 Å². The highest BCUT2D eigenvalue weighted by Crippen LogP contribution is 2.16. The summed E-state index contributed by atoms with van der Waals surface area (Å²) in [6.07, 6.45) is 3.30. The lowest BCUT2D eigenvalue weighted by Crippen LogP contribution is -1.98. The molecular weight excluding hydrogens is 182 g/mol. The van der Waals surface area contributed by atoms with Crippen LogP contribution in [-0.4, -0.2) is 10.8 Å². The van der Waals surface area contributed by atoms with E-state index in [1.807, 2.05) is 6.92 Å². The van der Waals surface area contributed by atoms with Crippen LogP contribution in [0.3, 0.4) is 0 Å². The van der Waals surface area contributed by atoms with E-state index in [9.17, 15) is 4.79 Å². The van der Waals surface area contributed by atoms with Gasteiger partial charge in [-0.15, -0.1) is 11.3 Å². The molecule has 0 N–H and O–H groups in total. The molecule has 1 rings (SSSR count). The van der Waals surface area contributed by atoms with Crippen molar-refractivity contribution < 1.29 is 4.79 Å². The van der Waals surface area contributed by atoms with Crippen molar-refractivity contribution in [2.24, 2.45) is 5.92 Å². The van der Waals surface area contributed by atoms with Crippen molar-refractivity contribution in [2.75, 3.05) is 0 Å². The molecule has 2 nitrogen and oxygen atoms in total. The van der Waals surface area contributed by atoms with Gasteiger partial charge in [-0.05, 0) is 19.3 Å². The molecule has 3 heteroatoms. The highest BCUT2D eigenvalue weighted by Gasteiger charge is 2.09. The van der Waals surface area contributed by atoms with Crippen molar-refractivity contribution in [3.63, 3.8) is 0 Å². The molecule has 0 radical (unpaired) electrons. The number of rotatable bonds is 4. The molecule has 0 aliphatic heterocycles. The second-order valence-corrected chi connectivity index (χ2v) is 4.83. The second kappa shape index (κ2) is 4.51. The SMILES string of the molecule is Cc1ncc(C(=O)CCC(C)C)s1. The standard InChI is InChI=1S/C10H15NOS/c1-7(2)4-5-9(12)10-6-11-8(3)13-10/h6-7H,4-5H2,1-3H3. The van der Waals surface area contributed by atoms with Crippen LogP contribution >= 0.6 is 11.3 Å². The van der Waals surface area contributed by atoms with Gasteiger partial charge in [0, 0.05) is 12.6 Å². The van der Waals surface area contributed by atoms with E-state index >= 15 is 0 Å². The molecule has 0 saturated carbocycles. The predicted molar refractivity (Wildman–Crippen MR) is 55.3 cm³/mol. The average Bonchev–Trinajstić information content (AvgIpc) is 2.47. The van der Waals surface area contributed by atoms with E-state index in [1.165, 1.54) is 11.3 Å². The number of nitrogens with zero attached hydrogens (tertiary/aromatic N) is 1. The molecule has 1 heterocycles. The molecule has 0 saturated heterocycles. The van der Waals surface area contributed by atoms with Gasteiger partial charge in [-0.3, -0.25) is 4.79 Å². The molecule has 72 valence electrons. The van der Waals surface area contributed by atoms with Gasteiger partial charge < -0.3 is 0 Å². The minimum Gasteiger partial charge on any atom is -0.293 e. The molecule has 0 unspecified atom stereocenters. The predicted octanol–water partition coefficient (Wildman–Crippen LogP) is 3.07. The molecule has 0 aliphatic rings. The van der Waals surface area contributed by atoms with E-state index in [0.717, 1.165) is 16.3 Å². The number of carbonyl (C=O) groups is 1. The Morgan fingerprint density at radius 3 is 2.77 bits per heavy atom. The van der Waals surface area contributed by atoms with Crippen LogP contribution in [0.15, 0.2) is 6.20 Å². The van der Waals surface area contributed by atoms with E-state index in [-0.39, 0.29) is 5.78 Å². The summed E-state index contributed by atoms with van der Waals surface area (Å²) in [5.74, 6) is 0.831. The van der Waals surface area contributed by atoms with E-state index < -0.39 is 0 Å². The molecule has 0 spiro atoms. The maximum Gasteiger partial charge on any atom is 0.174 e. The molecule has 0 atom stereocenters. The van der Waals surface area contributed by atoms with Gasteiger partial charge in [0.2, 0.25) is 0 Å². The van der Waals surface area contributed by atoms with Crippen LogP contribution in [0.25, 0.3) is 0 Å². The van der Waals surface area contributed by atoms with Crippen LogP contribution in [0.2, 0.25) is 0 Å². The highest BCUT2D eigenvalue weighted by atomic mass is 32.1. The number of ketones is 1. The average molecular weight is 197 g/mol. The van der Waals surface area contributed by atoms with Crippen molar-refractivity contribution in [3.8, 4) is 0 Å². The topological polar surface area (TPSA) is 30.0 Å². The summed E-state index contributed by atoms with van der Waals surface area (Å²) < 4.78 is 0. The highest BCUT2D eigenvalue weighted by molar-refractivity contribution is 7.13. The normalized spacial score (nSPS) is 10.8. The maximum atomic E-state index is 11.5. The first-order valence-corrected chi connectivity index (χ1v) is 5.37. The zero-order valence-electron chi connectivity index (χ0n) is 8.33. The Labute approximate surface area is 83.0 Å². The van der Waals surface area contributed by atoms with E-state index in [4.69, 9.17) is 0 Å². The molecule has 1 aromatic heterocycles. The lowest BCUT2D eigenvalue weighted by Gasteiger charge is -2.00. The van der Waals surface area contributed by atoms with Gasteiger partial charge in [0.15, 0.2) is 5.78 Å². The Morgan fingerprint density at radius 2 is 2.31 bits per heavy atom. The van der Waals surface area contributed by atoms with Gasteiger partial charge in [-0.25, -0.2) is 4.98 Å². The Kier molecular flexibility index (Phi) is 3.60. The number of thiazole rings is 1. The monoisotopic (exact) mass is 197 g/mol. The van der Waals surface area contributed by atoms with E-state index in [1.54, 1.807) is 6.20 Å². The number of hydrogen-bond donors (Lipinski definition) is 0. The molecule has 0 aromatic carbocycles. The largest absolute Gasteiger partial charge is 0.293 e. The van der Waals surface area contributed by atoms with Crippen LogP contribution < -0.4 is 0 Å². The summed E-state index contributed by atoms with van der Waals surface area (Å²) in [6.45, 7) is 6.18. The van der Waals surface area contributed by atoms with Crippen molar-refractivity contribution in [3.05, 3.63) is 16.1 Å². The summed E-state index contributed by atoms with van der Waals surface area (Å²) in [7, 11) is 0. The van der Waals surface area contributed by atoms with Crippen molar-refractivity contribution >= 4 is 17.1 Å². The van der Waals surface area contributed by atoms with Crippen LogP contribution in [0.5, 0.6) is 0 Å². The number of carbonyl (C=O) groups excluding carboxylic acids is 1. The second-order valence-electron chi connectivity index (χ2n) is 3.60. The zero-order valence-corrected chi connectivity index (χ0v) is 9.15. The van der Waals surface area contributed by atoms with E-state index in [2.05, 4.69) is 18.8 Å². The van der Waals surface area contributed by atoms with Crippen LogP contribution in [0, 0.1) is 12.8 Å². The molecule has 0 fully saturated rings.